The van der Waals surface area contributed by atoms with E-state index in [0.717, 1.165) is 35.2 Å². The standard InChI is InChI=1S/C22H13F6N5/c23-15-7-9-16(10-8-15)30-21-32-31-20(19-17(24)5-2-6-18(19)25)33(21)29-12-13-3-1-4-14(11-13)22(26,27)28/h1-12H,(H,30,32)/b29-12+. The van der Waals surface area contributed by atoms with E-state index < -0.39 is 34.8 Å². The molecule has 0 aliphatic rings. The lowest BCUT2D eigenvalue weighted by Crippen LogP contribution is -2.06. The summed E-state index contributed by atoms with van der Waals surface area (Å²) < 4.78 is 81.9. The van der Waals surface area contributed by atoms with Crippen LogP contribution >= 0.6 is 0 Å². The fourth-order valence-corrected chi connectivity index (χ4v) is 2.92. The zero-order valence-corrected chi connectivity index (χ0v) is 16.5. The van der Waals surface area contributed by atoms with Crippen molar-refractivity contribution in [3.8, 4) is 11.4 Å². The van der Waals surface area contributed by atoms with Crippen LogP contribution in [0.4, 0.5) is 38.0 Å². The highest BCUT2D eigenvalue weighted by Gasteiger charge is 2.30. The Balaban J connectivity index is 1.79. The third kappa shape index (κ3) is 4.86. The van der Waals surface area contributed by atoms with Crippen molar-refractivity contribution >= 4 is 17.9 Å². The monoisotopic (exact) mass is 461 g/mol. The van der Waals surface area contributed by atoms with Crippen molar-refractivity contribution in [1.82, 2.24) is 14.9 Å². The van der Waals surface area contributed by atoms with Gasteiger partial charge in [-0.25, -0.2) is 13.2 Å². The Hall–Kier alpha value is -4.15. The minimum absolute atomic E-state index is 0.0752. The number of nitrogens with zero attached hydrogens (tertiary/aromatic N) is 4. The van der Waals surface area contributed by atoms with E-state index >= 15 is 0 Å². The topological polar surface area (TPSA) is 55.1 Å². The van der Waals surface area contributed by atoms with E-state index in [9.17, 15) is 26.3 Å². The Morgan fingerprint density at radius 1 is 0.848 bits per heavy atom. The van der Waals surface area contributed by atoms with Gasteiger partial charge in [-0.2, -0.15) is 22.9 Å². The van der Waals surface area contributed by atoms with Crippen LogP contribution in [0.25, 0.3) is 11.4 Å². The normalized spacial score (nSPS) is 11.8. The van der Waals surface area contributed by atoms with Gasteiger partial charge >= 0.3 is 6.18 Å². The lowest BCUT2D eigenvalue weighted by atomic mass is 10.1. The quantitative estimate of drug-likeness (QED) is 0.293. The number of alkyl halides is 3. The molecule has 0 bridgehead atoms. The van der Waals surface area contributed by atoms with Crippen molar-refractivity contribution in [3.63, 3.8) is 0 Å². The number of rotatable bonds is 5. The molecule has 0 radical (unpaired) electrons. The summed E-state index contributed by atoms with van der Waals surface area (Å²) in [7, 11) is 0. The number of hydrogen-bond donors (Lipinski definition) is 1. The molecule has 0 saturated carbocycles. The highest BCUT2D eigenvalue weighted by molar-refractivity contribution is 5.80. The van der Waals surface area contributed by atoms with Gasteiger partial charge in [0.05, 0.1) is 17.3 Å². The number of hydrogen-bond acceptors (Lipinski definition) is 4. The van der Waals surface area contributed by atoms with Gasteiger partial charge in [-0.05, 0) is 54.1 Å². The Kier molecular flexibility index (Phi) is 5.86. The molecule has 168 valence electrons. The Labute approximate surface area is 183 Å². The summed E-state index contributed by atoms with van der Waals surface area (Å²) in [5.41, 5.74) is -0.982. The van der Waals surface area contributed by atoms with Crippen LogP contribution in [0.2, 0.25) is 0 Å². The summed E-state index contributed by atoms with van der Waals surface area (Å²) in [4.78, 5) is 0. The predicted octanol–water partition coefficient (Wildman–Crippen LogP) is 6.01. The van der Waals surface area contributed by atoms with Gasteiger partial charge in [0, 0.05) is 5.69 Å². The maximum Gasteiger partial charge on any atom is 0.416 e. The molecule has 3 aromatic carbocycles. The van der Waals surface area contributed by atoms with Crippen molar-refractivity contribution in [2.24, 2.45) is 5.10 Å². The van der Waals surface area contributed by atoms with Crippen LogP contribution in [0.5, 0.6) is 0 Å². The lowest BCUT2D eigenvalue weighted by molar-refractivity contribution is -0.137. The third-order valence-electron chi connectivity index (χ3n) is 4.46. The zero-order valence-electron chi connectivity index (χ0n) is 16.5. The molecule has 0 spiro atoms. The maximum absolute atomic E-state index is 14.4. The van der Waals surface area contributed by atoms with Crippen molar-refractivity contribution in [2.45, 2.75) is 6.18 Å². The first-order chi connectivity index (χ1) is 15.7. The molecule has 4 rings (SSSR count). The summed E-state index contributed by atoms with van der Waals surface area (Å²) in [5, 5.41) is 14.5. The molecule has 0 aliphatic heterocycles. The number of nitrogens with one attached hydrogen (secondary N) is 1. The molecule has 0 unspecified atom stereocenters. The Morgan fingerprint density at radius 2 is 1.52 bits per heavy atom. The molecule has 5 nitrogen and oxygen atoms in total. The Morgan fingerprint density at radius 3 is 2.18 bits per heavy atom. The summed E-state index contributed by atoms with van der Waals surface area (Å²) in [5.74, 6) is -2.81. The highest BCUT2D eigenvalue weighted by atomic mass is 19.4. The molecule has 33 heavy (non-hydrogen) atoms. The second-order valence-electron chi connectivity index (χ2n) is 6.76. The van der Waals surface area contributed by atoms with Gasteiger partial charge in [0.2, 0.25) is 5.95 Å². The molecule has 4 aromatic rings. The molecule has 1 aromatic heterocycles. The molecule has 1 N–H and O–H groups in total. The van der Waals surface area contributed by atoms with E-state index in [1.54, 1.807) is 0 Å². The minimum atomic E-state index is -4.56. The highest BCUT2D eigenvalue weighted by Crippen LogP contribution is 2.30. The molecular weight excluding hydrogens is 448 g/mol. The zero-order chi connectivity index (χ0) is 23.6. The fourth-order valence-electron chi connectivity index (χ4n) is 2.92. The molecule has 0 amide bonds. The average Bonchev–Trinajstić information content (AvgIpc) is 3.15. The Bertz CT molecular complexity index is 1290. The van der Waals surface area contributed by atoms with Gasteiger partial charge < -0.3 is 5.32 Å². The summed E-state index contributed by atoms with van der Waals surface area (Å²) in [6.45, 7) is 0. The SMILES string of the molecule is Fc1ccc(Nc2nnc(-c3c(F)cccc3F)n2/N=C/c2cccc(C(F)(F)F)c2)cc1. The van der Waals surface area contributed by atoms with E-state index in [4.69, 9.17) is 0 Å². The average molecular weight is 461 g/mol. The number of aromatic nitrogens is 3. The van der Waals surface area contributed by atoms with Gasteiger partial charge in [-0.1, -0.05) is 18.2 Å². The molecule has 1 heterocycles. The first-order valence-corrected chi connectivity index (χ1v) is 9.36. The molecular formula is C22H13F6N5. The molecule has 0 saturated heterocycles. The van der Waals surface area contributed by atoms with Crippen LogP contribution in [0.1, 0.15) is 11.1 Å². The van der Waals surface area contributed by atoms with Crippen LogP contribution in [0.3, 0.4) is 0 Å². The fraction of sp³-hybridized carbons (Fsp3) is 0.0455. The van der Waals surface area contributed by atoms with Gasteiger partial charge in [-0.15, -0.1) is 10.2 Å². The van der Waals surface area contributed by atoms with Crippen molar-refractivity contribution in [2.75, 3.05) is 5.32 Å². The largest absolute Gasteiger partial charge is 0.416 e. The van der Waals surface area contributed by atoms with Crippen LogP contribution < -0.4 is 5.32 Å². The van der Waals surface area contributed by atoms with Crippen LogP contribution in [-0.2, 0) is 6.18 Å². The van der Waals surface area contributed by atoms with E-state index in [2.05, 4.69) is 20.6 Å². The molecule has 0 fully saturated rings. The number of anilines is 2. The van der Waals surface area contributed by atoms with E-state index in [1.807, 2.05) is 0 Å². The van der Waals surface area contributed by atoms with Crippen LogP contribution in [0.15, 0.2) is 71.8 Å². The van der Waals surface area contributed by atoms with Crippen molar-refractivity contribution < 1.29 is 26.3 Å². The van der Waals surface area contributed by atoms with Crippen molar-refractivity contribution in [1.29, 1.82) is 0 Å². The van der Waals surface area contributed by atoms with E-state index in [1.165, 1.54) is 42.5 Å². The van der Waals surface area contributed by atoms with Crippen molar-refractivity contribution in [3.05, 3.63) is 95.3 Å². The summed E-state index contributed by atoms with van der Waals surface area (Å²) in [6.07, 6.45) is -3.49. The predicted molar refractivity (Wildman–Crippen MR) is 109 cm³/mol. The van der Waals surface area contributed by atoms with E-state index in [0.29, 0.717) is 5.69 Å². The summed E-state index contributed by atoms with van der Waals surface area (Å²) in [6, 6.07) is 12.6. The van der Waals surface area contributed by atoms with Gasteiger partial charge in [0.25, 0.3) is 0 Å². The molecule has 0 atom stereocenters. The lowest BCUT2D eigenvalue weighted by Gasteiger charge is -2.09. The van der Waals surface area contributed by atoms with Gasteiger partial charge in [0.15, 0.2) is 5.82 Å². The second-order valence-corrected chi connectivity index (χ2v) is 6.76. The van der Waals surface area contributed by atoms with Crippen LogP contribution in [-0.4, -0.2) is 21.1 Å². The first kappa shape index (κ1) is 22.1. The number of benzene rings is 3. The second kappa shape index (κ2) is 8.77. The van der Waals surface area contributed by atoms with Gasteiger partial charge in [-0.3, -0.25) is 0 Å². The van der Waals surface area contributed by atoms with Crippen LogP contribution in [0, 0.1) is 17.5 Å². The first-order valence-electron chi connectivity index (χ1n) is 9.36. The summed E-state index contributed by atoms with van der Waals surface area (Å²) >= 11 is 0. The maximum atomic E-state index is 14.4. The molecule has 11 heteroatoms. The smallest absolute Gasteiger partial charge is 0.323 e. The third-order valence-corrected chi connectivity index (χ3v) is 4.46. The molecule has 0 aliphatic carbocycles. The van der Waals surface area contributed by atoms with Gasteiger partial charge in [0.1, 0.15) is 17.5 Å². The minimum Gasteiger partial charge on any atom is -0.323 e. The number of halogens is 6. The van der Waals surface area contributed by atoms with E-state index in [-0.39, 0.29) is 17.3 Å².